The molecule has 5 heteroatoms. The Morgan fingerprint density at radius 1 is 1.30 bits per heavy atom. The summed E-state index contributed by atoms with van der Waals surface area (Å²) in [4.78, 5) is 11.8. The van der Waals surface area contributed by atoms with E-state index in [4.69, 9.17) is 4.74 Å². The van der Waals surface area contributed by atoms with Crippen molar-refractivity contribution in [1.82, 2.24) is 0 Å². The second-order valence-corrected chi connectivity index (χ2v) is 5.14. The lowest BCUT2D eigenvalue weighted by atomic mass is 10.2. The number of para-hydroxylation sites is 2. The summed E-state index contributed by atoms with van der Waals surface area (Å²) in [6, 6.07) is 12.2. The number of carbonyl (C=O) groups is 1. The second-order valence-electron chi connectivity index (χ2n) is 4.29. The summed E-state index contributed by atoms with van der Waals surface area (Å²) >= 11 is 3.39. The van der Waals surface area contributed by atoms with Gasteiger partial charge in [0, 0.05) is 4.47 Å². The number of hydrogen-bond donors (Lipinski definition) is 2. The monoisotopic (exact) mass is 335 g/mol. The fraction of sp³-hybridized carbons (Fsp3) is 0.133. The van der Waals surface area contributed by atoms with Crippen LogP contribution in [0.4, 0.5) is 5.69 Å². The smallest absolute Gasteiger partial charge is 0.262 e. The summed E-state index contributed by atoms with van der Waals surface area (Å²) in [5.41, 5.74) is 1.78. The summed E-state index contributed by atoms with van der Waals surface area (Å²) in [5.74, 6) is 0.000226. The predicted molar refractivity (Wildman–Crippen MR) is 81.1 cm³/mol. The van der Waals surface area contributed by atoms with Gasteiger partial charge in [0.15, 0.2) is 18.1 Å². The van der Waals surface area contributed by atoms with E-state index in [0.29, 0.717) is 5.69 Å². The van der Waals surface area contributed by atoms with E-state index >= 15 is 0 Å². The lowest BCUT2D eigenvalue weighted by Gasteiger charge is -2.10. The molecule has 20 heavy (non-hydrogen) atoms. The SMILES string of the molecule is Cc1ccc(NC(=O)COc2ccccc2O)c(Br)c1. The van der Waals surface area contributed by atoms with Crippen molar-refractivity contribution in [2.45, 2.75) is 6.92 Å². The normalized spacial score (nSPS) is 10.1. The van der Waals surface area contributed by atoms with Gasteiger partial charge in [-0.3, -0.25) is 4.79 Å². The highest BCUT2D eigenvalue weighted by Gasteiger charge is 2.08. The highest BCUT2D eigenvalue weighted by molar-refractivity contribution is 9.10. The fourth-order valence-corrected chi connectivity index (χ4v) is 2.22. The molecule has 0 atom stereocenters. The van der Waals surface area contributed by atoms with Crippen molar-refractivity contribution in [1.29, 1.82) is 0 Å². The molecule has 0 unspecified atom stereocenters. The highest BCUT2D eigenvalue weighted by Crippen LogP contribution is 2.25. The molecule has 0 saturated heterocycles. The Bertz CT molecular complexity index is 628. The zero-order valence-corrected chi connectivity index (χ0v) is 12.5. The summed E-state index contributed by atoms with van der Waals surface area (Å²) in [7, 11) is 0. The number of halogens is 1. The van der Waals surface area contributed by atoms with Crippen LogP contribution in [-0.2, 0) is 4.79 Å². The zero-order valence-electron chi connectivity index (χ0n) is 10.9. The van der Waals surface area contributed by atoms with Crippen LogP contribution < -0.4 is 10.1 Å². The molecule has 2 aromatic rings. The molecule has 0 spiro atoms. The lowest BCUT2D eigenvalue weighted by molar-refractivity contribution is -0.118. The third kappa shape index (κ3) is 3.74. The molecular weight excluding hydrogens is 322 g/mol. The quantitative estimate of drug-likeness (QED) is 0.899. The Morgan fingerprint density at radius 3 is 2.75 bits per heavy atom. The number of benzene rings is 2. The van der Waals surface area contributed by atoms with Crippen molar-refractivity contribution in [2.24, 2.45) is 0 Å². The van der Waals surface area contributed by atoms with Gasteiger partial charge in [0.05, 0.1) is 5.69 Å². The molecular formula is C15H14BrNO3. The Kier molecular flexibility index (Phi) is 4.63. The van der Waals surface area contributed by atoms with Gasteiger partial charge < -0.3 is 15.2 Å². The van der Waals surface area contributed by atoms with Crippen molar-refractivity contribution < 1.29 is 14.6 Å². The first-order chi connectivity index (χ1) is 9.56. The molecule has 4 nitrogen and oxygen atoms in total. The van der Waals surface area contributed by atoms with Gasteiger partial charge in [0.25, 0.3) is 5.91 Å². The van der Waals surface area contributed by atoms with E-state index in [2.05, 4.69) is 21.2 Å². The van der Waals surface area contributed by atoms with Crippen molar-refractivity contribution >= 4 is 27.5 Å². The van der Waals surface area contributed by atoms with Crippen LogP contribution in [0.2, 0.25) is 0 Å². The van der Waals surface area contributed by atoms with Crippen LogP contribution in [0.1, 0.15) is 5.56 Å². The first kappa shape index (κ1) is 14.4. The molecule has 104 valence electrons. The molecule has 0 heterocycles. The van der Waals surface area contributed by atoms with Crippen LogP contribution in [0, 0.1) is 6.92 Å². The Balaban J connectivity index is 1.94. The summed E-state index contributed by atoms with van der Waals surface area (Å²) in [5, 5.41) is 12.3. The number of ether oxygens (including phenoxy) is 1. The van der Waals surface area contributed by atoms with Gasteiger partial charge in [-0.15, -0.1) is 0 Å². The van der Waals surface area contributed by atoms with Crippen molar-refractivity contribution in [3.05, 3.63) is 52.5 Å². The molecule has 0 aromatic heterocycles. The average molecular weight is 336 g/mol. The number of aromatic hydroxyl groups is 1. The molecule has 0 aliphatic heterocycles. The van der Waals surface area contributed by atoms with E-state index in [9.17, 15) is 9.90 Å². The largest absolute Gasteiger partial charge is 0.504 e. The van der Waals surface area contributed by atoms with E-state index in [1.54, 1.807) is 18.2 Å². The van der Waals surface area contributed by atoms with E-state index in [0.717, 1.165) is 10.0 Å². The van der Waals surface area contributed by atoms with E-state index in [1.807, 2.05) is 25.1 Å². The first-order valence-corrected chi connectivity index (χ1v) is 6.82. The number of anilines is 1. The number of aryl methyl sites for hydroxylation is 1. The molecule has 2 rings (SSSR count). The lowest BCUT2D eigenvalue weighted by Crippen LogP contribution is -2.20. The van der Waals surface area contributed by atoms with Crippen LogP contribution in [0.25, 0.3) is 0 Å². The van der Waals surface area contributed by atoms with Crippen LogP contribution in [0.15, 0.2) is 46.9 Å². The molecule has 0 aliphatic carbocycles. The first-order valence-electron chi connectivity index (χ1n) is 6.03. The van der Waals surface area contributed by atoms with Crippen LogP contribution in [-0.4, -0.2) is 17.6 Å². The van der Waals surface area contributed by atoms with Gasteiger partial charge in [-0.2, -0.15) is 0 Å². The molecule has 0 fully saturated rings. The Hall–Kier alpha value is -2.01. The van der Waals surface area contributed by atoms with Crippen molar-refractivity contribution in [3.8, 4) is 11.5 Å². The third-order valence-electron chi connectivity index (χ3n) is 2.62. The molecule has 0 bridgehead atoms. The molecule has 0 radical (unpaired) electrons. The third-order valence-corrected chi connectivity index (χ3v) is 3.28. The zero-order chi connectivity index (χ0) is 14.5. The van der Waals surface area contributed by atoms with Gasteiger partial charge in [0.2, 0.25) is 0 Å². The maximum Gasteiger partial charge on any atom is 0.262 e. The highest BCUT2D eigenvalue weighted by atomic mass is 79.9. The van der Waals surface area contributed by atoms with Gasteiger partial charge in [-0.25, -0.2) is 0 Å². The number of hydrogen-bond acceptors (Lipinski definition) is 3. The molecule has 1 amide bonds. The van der Waals surface area contributed by atoms with Gasteiger partial charge >= 0.3 is 0 Å². The van der Waals surface area contributed by atoms with E-state index < -0.39 is 0 Å². The van der Waals surface area contributed by atoms with Crippen LogP contribution in [0.5, 0.6) is 11.5 Å². The Labute approximate surface area is 125 Å². The summed E-state index contributed by atoms with van der Waals surface area (Å²) in [6.07, 6.45) is 0. The molecule has 2 aromatic carbocycles. The molecule has 0 aliphatic rings. The number of phenolic OH excluding ortho intramolecular Hbond substituents is 1. The number of rotatable bonds is 4. The topological polar surface area (TPSA) is 58.6 Å². The standard InChI is InChI=1S/C15H14BrNO3/c1-10-6-7-12(11(16)8-10)17-15(19)9-20-14-5-3-2-4-13(14)18/h2-8,18H,9H2,1H3,(H,17,19). The minimum absolute atomic E-state index is 0.0109. The minimum atomic E-state index is -0.294. The number of phenols is 1. The predicted octanol–water partition coefficient (Wildman–Crippen LogP) is 3.48. The Morgan fingerprint density at radius 2 is 2.05 bits per heavy atom. The maximum absolute atomic E-state index is 11.8. The van der Waals surface area contributed by atoms with Gasteiger partial charge in [-0.1, -0.05) is 18.2 Å². The second kappa shape index (κ2) is 6.43. The number of nitrogens with one attached hydrogen (secondary N) is 1. The summed E-state index contributed by atoms with van der Waals surface area (Å²) < 4.78 is 6.07. The van der Waals surface area contributed by atoms with E-state index in [-0.39, 0.29) is 24.0 Å². The minimum Gasteiger partial charge on any atom is -0.504 e. The number of carbonyl (C=O) groups excluding carboxylic acids is 1. The maximum atomic E-state index is 11.8. The van der Waals surface area contributed by atoms with Crippen molar-refractivity contribution in [2.75, 3.05) is 11.9 Å². The van der Waals surface area contributed by atoms with Crippen LogP contribution in [0.3, 0.4) is 0 Å². The average Bonchev–Trinajstić information content (AvgIpc) is 2.41. The fourth-order valence-electron chi connectivity index (χ4n) is 1.63. The van der Waals surface area contributed by atoms with Crippen molar-refractivity contribution in [3.63, 3.8) is 0 Å². The molecule has 0 saturated carbocycles. The van der Waals surface area contributed by atoms with Gasteiger partial charge in [0.1, 0.15) is 0 Å². The molecule has 2 N–H and O–H groups in total. The van der Waals surface area contributed by atoms with E-state index in [1.165, 1.54) is 6.07 Å². The van der Waals surface area contributed by atoms with Crippen LogP contribution >= 0.6 is 15.9 Å². The number of amides is 1. The van der Waals surface area contributed by atoms with Gasteiger partial charge in [-0.05, 0) is 52.7 Å². The summed E-state index contributed by atoms with van der Waals surface area (Å²) in [6.45, 7) is 1.80.